The zero-order valence-electron chi connectivity index (χ0n) is 18.8. The highest BCUT2D eigenvalue weighted by molar-refractivity contribution is 7.92. The van der Waals surface area contributed by atoms with E-state index < -0.39 is 17.8 Å². The quantitative estimate of drug-likeness (QED) is 0.200. The van der Waals surface area contributed by atoms with Gasteiger partial charge in [0.05, 0.1) is 19.3 Å². The molecule has 0 unspecified atom stereocenters. The second-order valence-electron chi connectivity index (χ2n) is 7.99. The third-order valence-electron chi connectivity index (χ3n) is 4.99. The fourth-order valence-electron chi connectivity index (χ4n) is 3.46. The Morgan fingerprint density at radius 1 is 1.06 bits per heavy atom. The third kappa shape index (κ3) is 10.2. The summed E-state index contributed by atoms with van der Waals surface area (Å²) in [7, 11) is -7.94. The first-order chi connectivity index (χ1) is 15.1. The van der Waals surface area contributed by atoms with Gasteiger partial charge in [0.15, 0.2) is 0 Å². The molecular weight excluding hydrogens is 453 g/mol. The lowest BCUT2D eigenvalue weighted by Crippen LogP contribution is -2.34. The van der Waals surface area contributed by atoms with Crippen LogP contribution in [0, 0.1) is 0 Å². The van der Waals surface area contributed by atoms with Gasteiger partial charge >= 0.3 is 13.8 Å². The van der Waals surface area contributed by atoms with Crippen molar-refractivity contribution in [3.05, 3.63) is 42.2 Å². The lowest BCUT2D eigenvalue weighted by atomic mass is 10.1. The van der Waals surface area contributed by atoms with E-state index in [1.165, 1.54) is 6.42 Å². The van der Waals surface area contributed by atoms with Crippen LogP contribution in [0.3, 0.4) is 0 Å². The Labute approximate surface area is 190 Å². The number of aryl methyl sites for hydroxylation is 3. The van der Waals surface area contributed by atoms with Gasteiger partial charge in [-0.2, -0.15) is 9.13 Å². The summed E-state index contributed by atoms with van der Waals surface area (Å²) in [4.78, 5) is 18.6. The lowest BCUT2D eigenvalue weighted by molar-refractivity contribution is -0.699. The van der Waals surface area contributed by atoms with Gasteiger partial charge in [0, 0.05) is 5.69 Å². The molecule has 3 N–H and O–H groups in total. The van der Waals surface area contributed by atoms with Crippen molar-refractivity contribution in [2.75, 3.05) is 11.0 Å². The summed E-state index contributed by atoms with van der Waals surface area (Å²) < 4.78 is 44.9. The largest absolute Gasteiger partial charge is 0.529 e. The monoisotopic (exact) mass is 488 g/mol. The molecule has 0 saturated carbocycles. The fraction of sp³-hybridized carbons (Fsp3) is 0.571. The number of nitrogens with one attached hydrogen (secondary N) is 1. The highest BCUT2D eigenvalue weighted by Crippen LogP contribution is 2.36. The molecule has 11 heteroatoms. The van der Waals surface area contributed by atoms with Crippen LogP contribution >= 0.6 is 7.82 Å². The summed E-state index contributed by atoms with van der Waals surface area (Å²) in [5.74, 6) is 0. The number of nitrogens with zero attached hydrogens (tertiary/aromatic N) is 2. The molecule has 9 nitrogen and oxygen atoms in total. The van der Waals surface area contributed by atoms with E-state index in [4.69, 9.17) is 4.52 Å². The number of imidazole rings is 1. The fourth-order valence-corrected chi connectivity index (χ4v) is 4.44. The smallest absolute Gasteiger partial charge is 0.334 e. The van der Waals surface area contributed by atoms with Gasteiger partial charge in [0.1, 0.15) is 12.4 Å². The first-order valence-electron chi connectivity index (χ1n) is 11.0. The highest BCUT2D eigenvalue weighted by Gasteiger charge is 2.27. The number of aromatic nitrogens is 2. The molecule has 32 heavy (non-hydrogen) atoms. The van der Waals surface area contributed by atoms with Crippen LogP contribution in [0.4, 0.5) is 5.69 Å². The van der Waals surface area contributed by atoms with E-state index >= 15 is 0 Å². The van der Waals surface area contributed by atoms with Crippen molar-refractivity contribution in [2.24, 2.45) is 0 Å². The molecule has 0 fully saturated rings. The predicted octanol–water partition coefficient (Wildman–Crippen LogP) is 3.61. The number of anilines is 1. The van der Waals surface area contributed by atoms with Gasteiger partial charge in [0.2, 0.25) is 10.0 Å². The molecule has 1 heterocycles. The van der Waals surface area contributed by atoms with Gasteiger partial charge < -0.3 is 4.52 Å². The summed E-state index contributed by atoms with van der Waals surface area (Å²) in [6.07, 6.45) is 12.7. The van der Waals surface area contributed by atoms with E-state index in [0.29, 0.717) is 18.8 Å². The minimum atomic E-state index is -4.66. The average molecular weight is 489 g/mol. The molecule has 0 spiro atoms. The standard InChI is InChI=1S/C21H34N3O6PS/c1-3-4-5-6-8-15-23-17-18-24(21(23)30-31(25,26)27)16-9-7-10-19-11-13-20(14-12-19)22-32(2,28)29/h11-14,17-18,22H,3-10,15-16H2,1-2H3,(H-,25,26,27)/p+1. The molecule has 0 aliphatic heterocycles. The average Bonchev–Trinajstić information content (AvgIpc) is 3.05. The molecule has 0 amide bonds. The molecule has 2 rings (SSSR count). The Kier molecular flexibility index (Phi) is 10.2. The van der Waals surface area contributed by atoms with Crippen LogP contribution < -0.4 is 13.8 Å². The normalized spacial score (nSPS) is 12.1. The van der Waals surface area contributed by atoms with E-state index in [9.17, 15) is 22.8 Å². The van der Waals surface area contributed by atoms with Crippen molar-refractivity contribution in [2.45, 2.75) is 71.4 Å². The van der Waals surface area contributed by atoms with Crippen LogP contribution in [0.5, 0.6) is 6.01 Å². The number of phosphoric ester groups is 1. The van der Waals surface area contributed by atoms with Crippen molar-refractivity contribution in [1.29, 1.82) is 0 Å². The molecule has 0 atom stereocenters. The second kappa shape index (κ2) is 12.4. The van der Waals surface area contributed by atoms with Crippen LogP contribution in [0.2, 0.25) is 0 Å². The summed E-state index contributed by atoms with van der Waals surface area (Å²) >= 11 is 0. The molecule has 180 valence electrons. The van der Waals surface area contributed by atoms with E-state index in [2.05, 4.69) is 11.6 Å². The maximum absolute atomic E-state index is 11.5. The van der Waals surface area contributed by atoms with E-state index in [1.54, 1.807) is 33.7 Å². The zero-order valence-corrected chi connectivity index (χ0v) is 20.5. The van der Waals surface area contributed by atoms with E-state index in [-0.39, 0.29) is 6.01 Å². The van der Waals surface area contributed by atoms with Gasteiger partial charge in [-0.05, 0) is 49.8 Å². The van der Waals surface area contributed by atoms with Crippen molar-refractivity contribution in [1.82, 2.24) is 4.57 Å². The molecule has 2 aromatic rings. The number of benzene rings is 1. The first-order valence-corrected chi connectivity index (χ1v) is 14.4. The zero-order chi connectivity index (χ0) is 23.6. The number of hydrogen-bond donors (Lipinski definition) is 3. The minimum absolute atomic E-state index is 0.185. The Bertz CT molecular complexity index is 985. The van der Waals surface area contributed by atoms with Crippen molar-refractivity contribution >= 4 is 23.5 Å². The predicted molar refractivity (Wildman–Crippen MR) is 124 cm³/mol. The maximum atomic E-state index is 11.5. The molecule has 0 aliphatic rings. The molecule has 0 bridgehead atoms. The molecule has 0 radical (unpaired) electrons. The van der Waals surface area contributed by atoms with E-state index in [1.807, 2.05) is 12.1 Å². The van der Waals surface area contributed by atoms with Crippen molar-refractivity contribution in [3.63, 3.8) is 0 Å². The van der Waals surface area contributed by atoms with E-state index in [0.717, 1.165) is 56.8 Å². The number of hydrogen-bond acceptors (Lipinski definition) is 4. The first kappa shape index (κ1) is 26.4. The summed E-state index contributed by atoms with van der Waals surface area (Å²) in [6, 6.07) is 7.43. The van der Waals surface area contributed by atoms with Crippen LogP contribution in [-0.4, -0.2) is 29.0 Å². The number of rotatable bonds is 15. The summed E-state index contributed by atoms with van der Waals surface area (Å²) in [6.45, 7) is 3.39. The van der Waals surface area contributed by atoms with Crippen molar-refractivity contribution < 1.29 is 31.9 Å². The molecule has 1 aromatic carbocycles. The van der Waals surface area contributed by atoms with Crippen LogP contribution in [-0.2, 0) is 34.1 Å². The Morgan fingerprint density at radius 2 is 1.75 bits per heavy atom. The number of phosphoric acid groups is 1. The summed E-state index contributed by atoms with van der Waals surface area (Å²) in [5, 5.41) is 0. The number of unbranched alkanes of at least 4 members (excludes halogenated alkanes) is 5. The second-order valence-corrected chi connectivity index (χ2v) is 10.9. The van der Waals surface area contributed by atoms with Gasteiger partial charge in [-0.3, -0.25) is 14.5 Å². The minimum Gasteiger partial charge on any atom is -0.334 e. The Morgan fingerprint density at radius 3 is 2.38 bits per heavy atom. The lowest BCUT2D eigenvalue weighted by Gasteiger charge is -2.08. The van der Waals surface area contributed by atoms with Gasteiger partial charge in [-0.25, -0.2) is 13.0 Å². The van der Waals surface area contributed by atoms with Gasteiger partial charge in [-0.15, -0.1) is 0 Å². The number of sulfonamides is 1. The Hall–Kier alpha value is -1.87. The van der Waals surface area contributed by atoms with Crippen molar-refractivity contribution in [3.8, 4) is 6.01 Å². The Balaban J connectivity index is 1.89. The van der Waals surface area contributed by atoms with Crippen LogP contribution in [0.25, 0.3) is 0 Å². The highest BCUT2D eigenvalue weighted by atomic mass is 32.2. The molecule has 1 aromatic heterocycles. The summed E-state index contributed by atoms with van der Waals surface area (Å²) in [5.41, 5.74) is 1.62. The third-order valence-corrected chi connectivity index (χ3v) is 6.00. The van der Waals surface area contributed by atoms with Gasteiger partial charge in [-0.1, -0.05) is 38.3 Å². The van der Waals surface area contributed by atoms with Crippen LogP contribution in [0.15, 0.2) is 36.7 Å². The molecule has 0 aliphatic carbocycles. The molecule has 0 saturated heterocycles. The SMILES string of the molecule is CCCCCCC[n+]1ccn(CCCCc2ccc(NS(C)(=O)=O)cc2)c1OP(=O)(O)O. The van der Waals surface area contributed by atoms with Gasteiger partial charge in [0.25, 0.3) is 0 Å². The van der Waals surface area contributed by atoms with Crippen LogP contribution in [0.1, 0.15) is 57.4 Å². The molecular formula is C21H35N3O6PS+. The maximum Gasteiger partial charge on any atom is 0.529 e. The topological polar surface area (TPSA) is 122 Å².